The minimum atomic E-state index is -0.470. The summed E-state index contributed by atoms with van der Waals surface area (Å²) < 4.78 is 5.46. The fourth-order valence-electron chi connectivity index (χ4n) is 1.83. The summed E-state index contributed by atoms with van der Waals surface area (Å²) in [5, 5.41) is 5.48. The number of amides is 2. The number of hydrogen-bond acceptors (Lipinski definition) is 4. The van der Waals surface area contributed by atoms with Crippen molar-refractivity contribution in [1.29, 1.82) is 0 Å². The monoisotopic (exact) mass is 263 g/mol. The summed E-state index contributed by atoms with van der Waals surface area (Å²) in [6.45, 7) is 2.21. The first kappa shape index (κ1) is 13.4. The van der Waals surface area contributed by atoms with Crippen LogP contribution >= 0.6 is 0 Å². The first-order valence-electron chi connectivity index (χ1n) is 6.17. The van der Waals surface area contributed by atoms with Crippen LogP contribution in [0.5, 0.6) is 5.75 Å². The predicted molar refractivity (Wildman–Crippen MR) is 70.9 cm³/mol. The van der Waals surface area contributed by atoms with Gasteiger partial charge in [-0.1, -0.05) is 6.07 Å². The molecule has 1 aromatic rings. The van der Waals surface area contributed by atoms with Crippen molar-refractivity contribution in [2.24, 2.45) is 5.73 Å². The quantitative estimate of drug-likeness (QED) is 0.714. The molecular formula is C13H17N3O3. The fourth-order valence-corrected chi connectivity index (χ4v) is 1.83. The number of nitrogens with one attached hydrogen (secondary N) is 2. The van der Waals surface area contributed by atoms with Gasteiger partial charge in [0.25, 0.3) is 5.91 Å². The fraction of sp³-hybridized carbons (Fsp3) is 0.385. The summed E-state index contributed by atoms with van der Waals surface area (Å²) in [7, 11) is 0. The second-order valence-corrected chi connectivity index (χ2v) is 4.38. The zero-order valence-corrected chi connectivity index (χ0v) is 10.7. The van der Waals surface area contributed by atoms with Crippen molar-refractivity contribution in [1.82, 2.24) is 5.32 Å². The lowest BCUT2D eigenvalue weighted by atomic mass is 10.1. The van der Waals surface area contributed by atoms with Crippen molar-refractivity contribution in [3.63, 3.8) is 0 Å². The van der Waals surface area contributed by atoms with Gasteiger partial charge in [0, 0.05) is 6.54 Å². The third-order valence-corrected chi connectivity index (χ3v) is 2.90. The highest BCUT2D eigenvalue weighted by atomic mass is 16.5. The van der Waals surface area contributed by atoms with Crippen LogP contribution in [-0.2, 0) is 16.0 Å². The van der Waals surface area contributed by atoms with E-state index in [1.54, 1.807) is 6.92 Å². The first-order chi connectivity index (χ1) is 9.10. The molecule has 0 bridgehead atoms. The molecule has 2 amide bonds. The number of fused-ring (bicyclic) bond motifs is 1. The molecule has 6 heteroatoms. The van der Waals surface area contributed by atoms with Crippen LogP contribution in [-0.4, -0.2) is 31.0 Å². The largest absolute Gasteiger partial charge is 0.479 e. The molecular weight excluding hydrogens is 246 g/mol. The Labute approximate surface area is 111 Å². The standard InChI is InChI=1S/C13H17N3O3/c1-8-13(18)16-10-6-9(2-3-11(10)19-8)4-5-15-12(17)7-14/h2-3,6,8H,4-5,7,14H2,1H3,(H,15,17)(H,16,18). The van der Waals surface area contributed by atoms with Gasteiger partial charge in [-0.25, -0.2) is 0 Å². The molecule has 1 unspecified atom stereocenters. The van der Waals surface area contributed by atoms with E-state index in [-0.39, 0.29) is 18.4 Å². The first-order valence-corrected chi connectivity index (χ1v) is 6.17. The summed E-state index contributed by atoms with van der Waals surface area (Å²) in [6, 6.07) is 5.59. The van der Waals surface area contributed by atoms with Crippen LogP contribution < -0.4 is 21.1 Å². The molecule has 0 saturated heterocycles. The number of ether oxygens (including phenoxy) is 1. The molecule has 1 aromatic carbocycles. The number of benzene rings is 1. The Bertz CT molecular complexity index is 502. The van der Waals surface area contributed by atoms with Gasteiger partial charge in [0.05, 0.1) is 12.2 Å². The van der Waals surface area contributed by atoms with Gasteiger partial charge in [-0.15, -0.1) is 0 Å². The summed E-state index contributed by atoms with van der Waals surface area (Å²) >= 11 is 0. The van der Waals surface area contributed by atoms with E-state index in [2.05, 4.69) is 10.6 Å². The lowest BCUT2D eigenvalue weighted by Gasteiger charge is -2.23. The van der Waals surface area contributed by atoms with Gasteiger partial charge in [0.2, 0.25) is 5.91 Å². The number of carbonyl (C=O) groups is 2. The van der Waals surface area contributed by atoms with E-state index in [4.69, 9.17) is 10.5 Å². The molecule has 4 N–H and O–H groups in total. The van der Waals surface area contributed by atoms with E-state index >= 15 is 0 Å². The minimum Gasteiger partial charge on any atom is -0.479 e. The topological polar surface area (TPSA) is 93.4 Å². The van der Waals surface area contributed by atoms with Crippen LogP contribution in [0.3, 0.4) is 0 Å². The molecule has 1 atom stereocenters. The molecule has 6 nitrogen and oxygen atoms in total. The van der Waals surface area contributed by atoms with Crippen LogP contribution in [0.25, 0.3) is 0 Å². The number of anilines is 1. The normalized spacial score (nSPS) is 17.2. The molecule has 0 aromatic heterocycles. The Morgan fingerprint density at radius 2 is 2.32 bits per heavy atom. The van der Waals surface area contributed by atoms with Crippen LogP contribution in [0, 0.1) is 0 Å². The van der Waals surface area contributed by atoms with E-state index in [0.717, 1.165) is 5.56 Å². The number of carbonyl (C=O) groups excluding carboxylic acids is 2. The molecule has 0 radical (unpaired) electrons. The maximum Gasteiger partial charge on any atom is 0.265 e. The minimum absolute atomic E-state index is 0.00796. The van der Waals surface area contributed by atoms with Crippen LogP contribution in [0.1, 0.15) is 12.5 Å². The highest BCUT2D eigenvalue weighted by Crippen LogP contribution is 2.30. The highest BCUT2D eigenvalue weighted by molar-refractivity contribution is 5.97. The summed E-state index contributed by atoms with van der Waals surface area (Å²) in [6.07, 6.45) is 0.201. The van der Waals surface area contributed by atoms with Gasteiger partial charge >= 0.3 is 0 Å². The lowest BCUT2D eigenvalue weighted by Crippen LogP contribution is -2.34. The zero-order chi connectivity index (χ0) is 13.8. The Kier molecular flexibility index (Phi) is 4.01. The Morgan fingerprint density at radius 1 is 1.53 bits per heavy atom. The SMILES string of the molecule is CC1Oc2ccc(CCNC(=O)CN)cc2NC1=O. The van der Waals surface area contributed by atoms with Crippen molar-refractivity contribution in [3.8, 4) is 5.75 Å². The van der Waals surface area contributed by atoms with E-state index in [9.17, 15) is 9.59 Å². The van der Waals surface area contributed by atoms with Crippen molar-refractivity contribution >= 4 is 17.5 Å². The number of rotatable bonds is 4. The number of hydrogen-bond donors (Lipinski definition) is 3. The molecule has 2 rings (SSSR count). The summed E-state index contributed by atoms with van der Waals surface area (Å²) in [5.74, 6) is 0.339. The third kappa shape index (κ3) is 3.23. The molecule has 0 aliphatic carbocycles. The van der Waals surface area contributed by atoms with Crippen molar-refractivity contribution in [2.45, 2.75) is 19.4 Å². The molecule has 19 heavy (non-hydrogen) atoms. The zero-order valence-electron chi connectivity index (χ0n) is 10.7. The van der Waals surface area contributed by atoms with Gasteiger partial charge in [0.15, 0.2) is 6.10 Å². The summed E-state index contributed by atoms with van der Waals surface area (Å²) in [5.41, 5.74) is 6.88. The smallest absolute Gasteiger partial charge is 0.265 e. The van der Waals surface area contributed by atoms with Crippen LogP contribution in [0.4, 0.5) is 5.69 Å². The third-order valence-electron chi connectivity index (χ3n) is 2.90. The van der Waals surface area contributed by atoms with E-state index in [0.29, 0.717) is 24.4 Å². The average Bonchev–Trinajstić information content (AvgIpc) is 2.40. The highest BCUT2D eigenvalue weighted by Gasteiger charge is 2.23. The summed E-state index contributed by atoms with van der Waals surface area (Å²) in [4.78, 5) is 22.5. The lowest BCUT2D eigenvalue weighted by molar-refractivity contribution is -0.122. The Hall–Kier alpha value is -2.08. The van der Waals surface area contributed by atoms with E-state index in [1.807, 2.05) is 18.2 Å². The van der Waals surface area contributed by atoms with Crippen LogP contribution in [0.2, 0.25) is 0 Å². The van der Waals surface area contributed by atoms with Gasteiger partial charge < -0.3 is 21.1 Å². The van der Waals surface area contributed by atoms with Gasteiger partial charge in [-0.3, -0.25) is 9.59 Å². The molecule has 1 heterocycles. The van der Waals surface area contributed by atoms with Crippen molar-refractivity contribution in [2.75, 3.05) is 18.4 Å². The molecule has 1 aliphatic rings. The Balaban J connectivity index is 1.99. The molecule has 0 spiro atoms. The van der Waals surface area contributed by atoms with E-state index in [1.165, 1.54) is 0 Å². The maximum atomic E-state index is 11.5. The molecule has 0 saturated carbocycles. The maximum absolute atomic E-state index is 11.5. The van der Waals surface area contributed by atoms with Gasteiger partial charge in [0.1, 0.15) is 5.75 Å². The van der Waals surface area contributed by atoms with Crippen molar-refractivity contribution < 1.29 is 14.3 Å². The van der Waals surface area contributed by atoms with Gasteiger partial charge in [-0.2, -0.15) is 0 Å². The van der Waals surface area contributed by atoms with Crippen molar-refractivity contribution in [3.05, 3.63) is 23.8 Å². The predicted octanol–water partition coefficient (Wildman–Crippen LogP) is 0.0234. The number of nitrogens with two attached hydrogens (primary N) is 1. The second-order valence-electron chi connectivity index (χ2n) is 4.38. The Morgan fingerprint density at radius 3 is 3.05 bits per heavy atom. The molecule has 1 aliphatic heterocycles. The van der Waals surface area contributed by atoms with Gasteiger partial charge in [-0.05, 0) is 31.0 Å². The van der Waals surface area contributed by atoms with E-state index < -0.39 is 6.10 Å². The molecule has 0 fully saturated rings. The molecule has 102 valence electrons. The second kappa shape index (κ2) is 5.71. The average molecular weight is 263 g/mol. The van der Waals surface area contributed by atoms with Crippen LogP contribution in [0.15, 0.2) is 18.2 Å².